The molecular formula is C23H18BrNO2. The minimum Gasteiger partial charge on any atom is -0.488 e. The van der Waals surface area contributed by atoms with Gasteiger partial charge in [0.2, 0.25) is 0 Å². The van der Waals surface area contributed by atoms with Crippen LogP contribution in [-0.2, 0) is 13.2 Å². The molecule has 5 rings (SSSR count). The smallest absolute Gasteiger partial charge is 0.258 e. The molecule has 3 aromatic carbocycles. The number of halogens is 1. The van der Waals surface area contributed by atoms with Crippen molar-refractivity contribution in [3.8, 4) is 16.9 Å². The van der Waals surface area contributed by atoms with Crippen molar-refractivity contribution in [3.05, 3.63) is 80.8 Å². The SMILES string of the molecule is Cc1cc2c(c(C)c1Br)-c1cc3c(cc1CO2)C(=O)N(c1ccccc1)C3. The molecule has 0 aromatic heterocycles. The molecule has 0 spiro atoms. The zero-order chi connectivity index (χ0) is 18.7. The van der Waals surface area contributed by atoms with Crippen molar-refractivity contribution in [1.82, 2.24) is 0 Å². The Bertz CT molecular complexity index is 1110. The predicted octanol–water partition coefficient (Wildman–Crippen LogP) is 5.79. The Morgan fingerprint density at radius 1 is 1.00 bits per heavy atom. The summed E-state index contributed by atoms with van der Waals surface area (Å²) in [6.45, 7) is 5.29. The second-order valence-corrected chi connectivity index (χ2v) is 7.98. The van der Waals surface area contributed by atoms with Gasteiger partial charge in [-0.05, 0) is 72.0 Å². The largest absolute Gasteiger partial charge is 0.488 e. The quantitative estimate of drug-likeness (QED) is 0.499. The van der Waals surface area contributed by atoms with Gasteiger partial charge in [-0.1, -0.05) is 34.1 Å². The Morgan fingerprint density at radius 2 is 1.74 bits per heavy atom. The molecule has 0 radical (unpaired) electrons. The number of carbonyl (C=O) groups is 1. The fourth-order valence-corrected chi connectivity index (χ4v) is 4.41. The first-order valence-corrected chi connectivity index (χ1v) is 9.79. The van der Waals surface area contributed by atoms with Gasteiger partial charge < -0.3 is 9.64 Å². The molecule has 2 aliphatic heterocycles. The van der Waals surface area contributed by atoms with Crippen LogP contribution in [0.3, 0.4) is 0 Å². The summed E-state index contributed by atoms with van der Waals surface area (Å²) in [5, 5.41) is 0. The minimum atomic E-state index is 0.0617. The Kier molecular flexibility index (Phi) is 3.66. The van der Waals surface area contributed by atoms with Crippen LogP contribution in [0.15, 0.2) is 53.0 Å². The van der Waals surface area contributed by atoms with Crippen molar-refractivity contribution >= 4 is 27.5 Å². The Morgan fingerprint density at radius 3 is 2.52 bits per heavy atom. The van der Waals surface area contributed by atoms with Crippen LogP contribution in [0.5, 0.6) is 5.75 Å². The van der Waals surface area contributed by atoms with Gasteiger partial charge in [-0.15, -0.1) is 0 Å². The van der Waals surface area contributed by atoms with Gasteiger partial charge in [0.1, 0.15) is 12.4 Å². The van der Waals surface area contributed by atoms with Crippen LogP contribution in [0.1, 0.15) is 32.6 Å². The number of benzene rings is 3. The molecule has 1 amide bonds. The Hall–Kier alpha value is -2.59. The van der Waals surface area contributed by atoms with E-state index in [4.69, 9.17) is 4.74 Å². The van der Waals surface area contributed by atoms with Gasteiger partial charge in [-0.2, -0.15) is 0 Å². The number of para-hydroxylation sites is 1. The summed E-state index contributed by atoms with van der Waals surface area (Å²) in [6.07, 6.45) is 0. The monoisotopic (exact) mass is 419 g/mol. The first-order valence-electron chi connectivity index (χ1n) is 9.00. The lowest BCUT2D eigenvalue weighted by Crippen LogP contribution is -2.22. The number of aryl methyl sites for hydroxylation is 1. The molecule has 0 N–H and O–H groups in total. The van der Waals surface area contributed by atoms with Gasteiger partial charge in [0.15, 0.2) is 0 Å². The maximum absolute atomic E-state index is 13.0. The van der Waals surface area contributed by atoms with E-state index in [1.165, 1.54) is 16.7 Å². The average Bonchev–Trinajstić information content (AvgIpc) is 3.01. The van der Waals surface area contributed by atoms with E-state index in [0.29, 0.717) is 13.2 Å². The third-order valence-electron chi connectivity index (χ3n) is 5.50. The van der Waals surface area contributed by atoms with E-state index in [9.17, 15) is 4.79 Å². The fourth-order valence-electron chi connectivity index (χ4n) is 4.10. The third-order valence-corrected chi connectivity index (χ3v) is 6.72. The van der Waals surface area contributed by atoms with Crippen molar-refractivity contribution in [3.63, 3.8) is 0 Å². The molecule has 3 aromatic rings. The third kappa shape index (κ3) is 2.43. The minimum absolute atomic E-state index is 0.0617. The molecule has 2 heterocycles. The number of rotatable bonds is 1. The summed E-state index contributed by atoms with van der Waals surface area (Å²) in [5.74, 6) is 0.983. The van der Waals surface area contributed by atoms with Crippen LogP contribution in [0.4, 0.5) is 5.69 Å². The molecule has 0 atom stereocenters. The Labute approximate surface area is 166 Å². The lowest BCUT2D eigenvalue weighted by Gasteiger charge is -2.25. The molecule has 2 aliphatic rings. The molecule has 134 valence electrons. The normalized spacial score (nSPS) is 14.5. The van der Waals surface area contributed by atoms with Gasteiger partial charge in [0, 0.05) is 21.3 Å². The number of anilines is 1. The molecule has 0 saturated carbocycles. The van der Waals surface area contributed by atoms with E-state index in [0.717, 1.165) is 38.2 Å². The Balaban J connectivity index is 1.65. The molecule has 0 bridgehead atoms. The molecule has 3 nitrogen and oxygen atoms in total. The molecule has 0 fully saturated rings. The standard InChI is InChI=1S/C23H18BrNO2/c1-13-8-20-21(14(2)22(13)24)18-9-15-11-25(17-6-4-3-5-7-17)23(26)19(15)10-16(18)12-27-20/h3-10H,11-12H2,1-2H3. The van der Waals surface area contributed by atoms with E-state index in [1.54, 1.807) is 0 Å². The molecule has 27 heavy (non-hydrogen) atoms. The van der Waals surface area contributed by atoms with Crippen molar-refractivity contribution in [2.75, 3.05) is 4.90 Å². The topological polar surface area (TPSA) is 29.5 Å². The number of amides is 1. The first kappa shape index (κ1) is 16.6. The van der Waals surface area contributed by atoms with Crippen molar-refractivity contribution in [2.45, 2.75) is 27.0 Å². The van der Waals surface area contributed by atoms with Gasteiger partial charge in [0.25, 0.3) is 5.91 Å². The average molecular weight is 420 g/mol. The van der Waals surface area contributed by atoms with Crippen LogP contribution in [0.2, 0.25) is 0 Å². The van der Waals surface area contributed by atoms with Crippen LogP contribution in [0, 0.1) is 13.8 Å². The summed E-state index contributed by atoms with van der Waals surface area (Å²) in [4.78, 5) is 14.8. The van der Waals surface area contributed by atoms with E-state index >= 15 is 0 Å². The van der Waals surface area contributed by atoms with Crippen LogP contribution < -0.4 is 9.64 Å². The van der Waals surface area contributed by atoms with Crippen molar-refractivity contribution < 1.29 is 9.53 Å². The number of fused-ring (bicyclic) bond motifs is 4. The van der Waals surface area contributed by atoms with E-state index in [-0.39, 0.29) is 5.91 Å². The van der Waals surface area contributed by atoms with Crippen LogP contribution >= 0.6 is 15.9 Å². The summed E-state index contributed by atoms with van der Waals surface area (Å²) in [7, 11) is 0. The number of hydrogen-bond acceptors (Lipinski definition) is 2. The second-order valence-electron chi connectivity index (χ2n) is 7.19. The van der Waals surface area contributed by atoms with E-state index in [2.05, 4.69) is 41.9 Å². The van der Waals surface area contributed by atoms with Gasteiger partial charge >= 0.3 is 0 Å². The lowest BCUT2D eigenvalue weighted by atomic mass is 9.89. The van der Waals surface area contributed by atoms with Crippen molar-refractivity contribution in [2.24, 2.45) is 0 Å². The van der Waals surface area contributed by atoms with Crippen molar-refractivity contribution in [1.29, 1.82) is 0 Å². The van der Waals surface area contributed by atoms with E-state index < -0.39 is 0 Å². The molecule has 0 unspecified atom stereocenters. The van der Waals surface area contributed by atoms with Gasteiger partial charge in [-0.25, -0.2) is 0 Å². The van der Waals surface area contributed by atoms with Gasteiger partial charge in [-0.3, -0.25) is 4.79 Å². The summed E-state index contributed by atoms with van der Waals surface area (Å²) >= 11 is 3.70. The molecule has 0 aliphatic carbocycles. The fraction of sp³-hybridized carbons (Fsp3) is 0.174. The number of ether oxygens (including phenoxy) is 1. The molecular weight excluding hydrogens is 402 g/mol. The second kappa shape index (κ2) is 5.96. The van der Waals surface area contributed by atoms with Gasteiger partial charge in [0.05, 0.1) is 6.54 Å². The zero-order valence-electron chi connectivity index (χ0n) is 15.2. The molecule has 4 heteroatoms. The highest BCUT2D eigenvalue weighted by Gasteiger charge is 2.32. The highest BCUT2D eigenvalue weighted by molar-refractivity contribution is 9.10. The number of carbonyl (C=O) groups excluding carboxylic acids is 1. The maximum atomic E-state index is 13.0. The van der Waals surface area contributed by atoms with Crippen LogP contribution in [0.25, 0.3) is 11.1 Å². The summed E-state index contributed by atoms with van der Waals surface area (Å²) < 4.78 is 7.14. The number of hydrogen-bond donors (Lipinski definition) is 0. The summed E-state index contributed by atoms with van der Waals surface area (Å²) in [5.41, 5.74) is 8.51. The highest BCUT2D eigenvalue weighted by atomic mass is 79.9. The lowest BCUT2D eigenvalue weighted by molar-refractivity contribution is 0.0996. The summed E-state index contributed by atoms with van der Waals surface area (Å²) in [6, 6.07) is 16.1. The first-order chi connectivity index (χ1) is 13.0. The zero-order valence-corrected chi connectivity index (χ0v) is 16.8. The maximum Gasteiger partial charge on any atom is 0.258 e. The van der Waals surface area contributed by atoms with Crippen LogP contribution in [-0.4, -0.2) is 5.91 Å². The predicted molar refractivity (Wildman–Crippen MR) is 110 cm³/mol. The van der Waals surface area contributed by atoms with E-state index in [1.807, 2.05) is 41.3 Å². The number of nitrogens with zero attached hydrogens (tertiary/aromatic N) is 1. The molecule has 0 saturated heterocycles. The highest BCUT2D eigenvalue weighted by Crippen LogP contribution is 2.45.